The Labute approximate surface area is 115 Å². The third-order valence-electron chi connectivity index (χ3n) is 3.68. The number of nitrogens with one attached hydrogen (secondary N) is 1. The molecule has 0 aliphatic carbocycles. The fourth-order valence-electron chi connectivity index (χ4n) is 2.61. The Bertz CT molecular complexity index is 365. The van der Waals surface area contributed by atoms with E-state index in [0.717, 1.165) is 31.2 Å². The Balaban J connectivity index is 2.03. The van der Waals surface area contributed by atoms with Crippen LogP contribution in [0.4, 0.5) is 0 Å². The number of hydrogen-bond donors (Lipinski definition) is 1. The number of rotatable bonds is 3. The molecule has 1 saturated heterocycles. The summed E-state index contributed by atoms with van der Waals surface area (Å²) in [5.41, 5.74) is 1.54. The molecule has 1 fully saturated rings. The fourth-order valence-corrected chi connectivity index (χ4v) is 2.74. The van der Waals surface area contributed by atoms with Gasteiger partial charge in [-0.25, -0.2) is 0 Å². The lowest BCUT2D eigenvalue weighted by molar-refractivity contribution is 0.237. The molecule has 1 aromatic rings. The summed E-state index contributed by atoms with van der Waals surface area (Å²) in [5, 5.41) is 4.26. The summed E-state index contributed by atoms with van der Waals surface area (Å²) in [6, 6.07) is 8.28. The molecule has 0 saturated carbocycles. The minimum Gasteiger partial charge on any atom is -0.315 e. The van der Waals surface area contributed by atoms with Crippen molar-refractivity contribution in [3.05, 3.63) is 34.9 Å². The van der Waals surface area contributed by atoms with E-state index < -0.39 is 0 Å². The van der Waals surface area contributed by atoms with Crippen molar-refractivity contribution in [1.29, 1.82) is 0 Å². The van der Waals surface area contributed by atoms with Gasteiger partial charge in [-0.1, -0.05) is 37.6 Å². The van der Waals surface area contributed by atoms with E-state index in [9.17, 15) is 0 Å². The molecule has 0 bridgehead atoms. The van der Waals surface area contributed by atoms with E-state index in [1.165, 1.54) is 18.5 Å². The van der Waals surface area contributed by atoms with Crippen LogP contribution in [0.25, 0.3) is 0 Å². The number of halogens is 1. The average molecular weight is 267 g/mol. The van der Waals surface area contributed by atoms with Crippen molar-refractivity contribution in [2.75, 3.05) is 32.7 Å². The fraction of sp³-hybridized carbons (Fsp3) is 0.600. The summed E-state index contributed by atoms with van der Waals surface area (Å²) in [6.07, 6.45) is 1.25. The molecule has 2 rings (SSSR count). The summed E-state index contributed by atoms with van der Waals surface area (Å²) in [4.78, 5) is 2.56. The van der Waals surface area contributed by atoms with Crippen molar-refractivity contribution in [2.45, 2.75) is 25.7 Å². The van der Waals surface area contributed by atoms with Crippen molar-refractivity contribution in [2.24, 2.45) is 0 Å². The lowest BCUT2D eigenvalue weighted by Crippen LogP contribution is -2.38. The van der Waals surface area contributed by atoms with Gasteiger partial charge in [0.1, 0.15) is 0 Å². The second kappa shape index (κ2) is 6.05. The van der Waals surface area contributed by atoms with Crippen molar-refractivity contribution in [3.63, 3.8) is 0 Å². The third kappa shape index (κ3) is 3.71. The number of benzene rings is 1. The summed E-state index contributed by atoms with van der Waals surface area (Å²) >= 11 is 5.96. The molecular formula is C15H23ClN2. The van der Waals surface area contributed by atoms with Gasteiger partial charge in [0, 0.05) is 30.1 Å². The first kappa shape index (κ1) is 13.9. The Hall–Kier alpha value is -0.570. The number of hydrogen-bond acceptors (Lipinski definition) is 2. The van der Waals surface area contributed by atoms with Gasteiger partial charge < -0.3 is 10.2 Å². The third-order valence-corrected chi connectivity index (χ3v) is 3.93. The van der Waals surface area contributed by atoms with Crippen LogP contribution in [0.1, 0.15) is 25.8 Å². The molecule has 1 aliphatic heterocycles. The van der Waals surface area contributed by atoms with Gasteiger partial charge in [-0.05, 0) is 37.2 Å². The second-order valence-corrected chi connectivity index (χ2v) is 6.21. The molecule has 1 heterocycles. The average Bonchev–Trinajstić information content (AvgIpc) is 2.57. The standard InChI is InChI=1S/C15H23ClN2/c1-15(2,13-4-6-14(16)7-5-13)12-18-10-3-8-17-9-11-18/h4-7,17H,3,8-12H2,1-2H3. The maximum atomic E-state index is 5.96. The number of nitrogens with zero attached hydrogens (tertiary/aromatic N) is 1. The van der Waals surface area contributed by atoms with Crippen molar-refractivity contribution in [3.8, 4) is 0 Å². The predicted molar refractivity (Wildman–Crippen MR) is 78.4 cm³/mol. The second-order valence-electron chi connectivity index (χ2n) is 5.77. The summed E-state index contributed by atoms with van der Waals surface area (Å²) < 4.78 is 0. The smallest absolute Gasteiger partial charge is 0.0406 e. The zero-order valence-electron chi connectivity index (χ0n) is 11.4. The first-order chi connectivity index (χ1) is 8.58. The topological polar surface area (TPSA) is 15.3 Å². The monoisotopic (exact) mass is 266 g/mol. The van der Waals surface area contributed by atoms with E-state index in [2.05, 4.69) is 36.2 Å². The molecule has 1 N–H and O–H groups in total. The highest BCUT2D eigenvalue weighted by Gasteiger charge is 2.24. The van der Waals surface area contributed by atoms with Gasteiger partial charge in [-0.15, -0.1) is 0 Å². The highest BCUT2D eigenvalue weighted by Crippen LogP contribution is 2.25. The molecule has 0 amide bonds. The van der Waals surface area contributed by atoms with Crippen molar-refractivity contribution in [1.82, 2.24) is 10.2 Å². The van der Waals surface area contributed by atoms with E-state index in [4.69, 9.17) is 11.6 Å². The van der Waals surface area contributed by atoms with Crippen LogP contribution < -0.4 is 5.32 Å². The van der Waals surface area contributed by atoms with Gasteiger partial charge in [-0.2, -0.15) is 0 Å². The van der Waals surface area contributed by atoms with Gasteiger partial charge in [-0.3, -0.25) is 0 Å². The van der Waals surface area contributed by atoms with Crippen molar-refractivity contribution < 1.29 is 0 Å². The minimum atomic E-state index is 0.176. The minimum absolute atomic E-state index is 0.176. The van der Waals surface area contributed by atoms with Crippen LogP contribution in [-0.4, -0.2) is 37.6 Å². The first-order valence-corrected chi connectivity index (χ1v) is 7.15. The highest BCUT2D eigenvalue weighted by atomic mass is 35.5. The Morgan fingerprint density at radius 3 is 2.61 bits per heavy atom. The molecule has 100 valence electrons. The molecule has 0 atom stereocenters. The maximum absolute atomic E-state index is 5.96. The predicted octanol–water partition coefficient (Wildman–Crippen LogP) is 2.91. The Morgan fingerprint density at radius 1 is 1.17 bits per heavy atom. The first-order valence-electron chi connectivity index (χ1n) is 6.77. The molecule has 1 aromatic carbocycles. The molecule has 2 nitrogen and oxygen atoms in total. The van der Waals surface area contributed by atoms with Crippen LogP contribution >= 0.6 is 11.6 Å². The Morgan fingerprint density at radius 2 is 1.89 bits per heavy atom. The summed E-state index contributed by atoms with van der Waals surface area (Å²) in [5.74, 6) is 0. The largest absolute Gasteiger partial charge is 0.315 e. The van der Waals surface area contributed by atoms with E-state index in [1.54, 1.807) is 0 Å². The quantitative estimate of drug-likeness (QED) is 0.905. The van der Waals surface area contributed by atoms with Crippen molar-refractivity contribution >= 4 is 11.6 Å². The van der Waals surface area contributed by atoms with Gasteiger partial charge >= 0.3 is 0 Å². The molecule has 3 heteroatoms. The summed E-state index contributed by atoms with van der Waals surface area (Å²) in [6.45, 7) is 10.3. The molecule has 0 aromatic heterocycles. The molecule has 0 radical (unpaired) electrons. The zero-order valence-corrected chi connectivity index (χ0v) is 12.1. The van der Waals surface area contributed by atoms with Crippen LogP contribution in [-0.2, 0) is 5.41 Å². The maximum Gasteiger partial charge on any atom is 0.0406 e. The van der Waals surface area contributed by atoms with E-state index in [1.807, 2.05) is 12.1 Å². The van der Waals surface area contributed by atoms with Crippen LogP contribution in [0.5, 0.6) is 0 Å². The molecule has 0 spiro atoms. The van der Waals surface area contributed by atoms with Crippen LogP contribution in [0.3, 0.4) is 0 Å². The highest BCUT2D eigenvalue weighted by molar-refractivity contribution is 6.30. The van der Waals surface area contributed by atoms with E-state index in [-0.39, 0.29) is 5.41 Å². The SMILES string of the molecule is CC(C)(CN1CCCNCC1)c1ccc(Cl)cc1. The summed E-state index contributed by atoms with van der Waals surface area (Å²) in [7, 11) is 0. The van der Waals surface area contributed by atoms with Crippen LogP contribution in [0.15, 0.2) is 24.3 Å². The van der Waals surface area contributed by atoms with Gasteiger partial charge in [0.15, 0.2) is 0 Å². The molecule has 18 heavy (non-hydrogen) atoms. The van der Waals surface area contributed by atoms with Crippen LogP contribution in [0, 0.1) is 0 Å². The van der Waals surface area contributed by atoms with Gasteiger partial charge in [0.2, 0.25) is 0 Å². The lowest BCUT2D eigenvalue weighted by Gasteiger charge is -2.32. The van der Waals surface area contributed by atoms with E-state index in [0.29, 0.717) is 0 Å². The molecule has 0 unspecified atom stereocenters. The van der Waals surface area contributed by atoms with Gasteiger partial charge in [0.05, 0.1) is 0 Å². The normalized spacial score (nSPS) is 18.6. The zero-order chi connectivity index (χ0) is 13.0. The Kier molecular flexibility index (Phi) is 4.66. The van der Waals surface area contributed by atoms with Crippen LogP contribution in [0.2, 0.25) is 5.02 Å². The lowest BCUT2D eigenvalue weighted by atomic mass is 9.84. The van der Waals surface area contributed by atoms with Gasteiger partial charge in [0.25, 0.3) is 0 Å². The van der Waals surface area contributed by atoms with E-state index >= 15 is 0 Å². The molecular weight excluding hydrogens is 244 g/mol. The molecule has 1 aliphatic rings.